The van der Waals surface area contributed by atoms with Crippen LogP contribution in [0.15, 0.2) is 24.5 Å². The van der Waals surface area contributed by atoms with Crippen molar-refractivity contribution in [3.63, 3.8) is 0 Å². The van der Waals surface area contributed by atoms with E-state index in [-0.39, 0.29) is 6.23 Å². The second-order valence-corrected chi connectivity index (χ2v) is 9.08. The first-order valence-electron chi connectivity index (χ1n) is 5.15. The monoisotopic (exact) mass is 213 g/mol. The molecule has 1 atom stereocenters. The second-order valence-electron chi connectivity index (χ2n) is 4.29. The number of rotatable bonds is 6. The quantitative estimate of drug-likeness (QED) is 0.316. The van der Waals surface area contributed by atoms with E-state index in [2.05, 4.69) is 36.8 Å². The van der Waals surface area contributed by atoms with E-state index in [1.165, 1.54) is 0 Å². The summed E-state index contributed by atoms with van der Waals surface area (Å²) in [6.45, 7) is 10.8. The van der Waals surface area contributed by atoms with Crippen molar-refractivity contribution in [2.24, 2.45) is 0 Å². The van der Waals surface area contributed by atoms with E-state index >= 15 is 0 Å². The van der Waals surface area contributed by atoms with Crippen LogP contribution >= 0.6 is 0 Å². The molecule has 82 valence electrons. The fourth-order valence-corrected chi connectivity index (χ4v) is 2.22. The second kappa shape index (κ2) is 6.84. The predicted octanol–water partition coefficient (Wildman–Crippen LogP) is 3.25. The minimum absolute atomic E-state index is 0.120. The zero-order valence-electron chi connectivity index (χ0n) is 10.0. The van der Waals surface area contributed by atoms with E-state index in [0.29, 0.717) is 0 Å². The summed E-state index contributed by atoms with van der Waals surface area (Å²) in [5, 5.41) is 0. The Kier molecular flexibility index (Phi) is 6.58. The molecule has 14 heavy (non-hydrogen) atoms. The summed E-state index contributed by atoms with van der Waals surface area (Å²) in [6, 6.07) is 0. The smallest absolute Gasteiger partial charge is 0.146 e. The SMILES string of the molecule is C/C=C/CC(N[Si](C)(C)C)O/C=C/C. The van der Waals surface area contributed by atoms with Crippen molar-refractivity contribution in [1.29, 1.82) is 0 Å². The first-order chi connectivity index (χ1) is 6.49. The van der Waals surface area contributed by atoms with Crippen LogP contribution in [0.4, 0.5) is 0 Å². The van der Waals surface area contributed by atoms with Crippen LogP contribution in [0, 0.1) is 0 Å². The maximum Gasteiger partial charge on any atom is 0.146 e. The standard InChI is InChI=1S/C11H23NOSi/c1-6-8-9-11(13-10-7-2)12-14(3,4)5/h6-8,10-12H,9H2,1-5H3/b8-6+,10-7+. The largest absolute Gasteiger partial charge is 0.484 e. The van der Waals surface area contributed by atoms with E-state index in [9.17, 15) is 0 Å². The van der Waals surface area contributed by atoms with Crippen molar-refractivity contribution in [2.45, 2.75) is 46.1 Å². The Morgan fingerprint density at radius 2 is 1.86 bits per heavy atom. The Morgan fingerprint density at radius 1 is 1.21 bits per heavy atom. The molecule has 0 aromatic carbocycles. The van der Waals surface area contributed by atoms with E-state index in [4.69, 9.17) is 4.74 Å². The lowest BCUT2D eigenvalue weighted by molar-refractivity contribution is 0.134. The van der Waals surface area contributed by atoms with E-state index < -0.39 is 8.24 Å². The molecule has 0 radical (unpaired) electrons. The normalized spacial score (nSPS) is 15.2. The zero-order valence-corrected chi connectivity index (χ0v) is 11.0. The third-order valence-corrected chi connectivity index (χ3v) is 2.75. The van der Waals surface area contributed by atoms with Gasteiger partial charge in [-0.15, -0.1) is 0 Å². The Balaban J connectivity index is 4.09. The minimum atomic E-state index is -1.26. The van der Waals surface area contributed by atoms with Gasteiger partial charge in [0.05, 0.1) is 6.26 Å². The van der Waals surface area contributed by atoms with Crippen molar-refractivity contribution in [3.8, 4) is 0 Å². The van der Waals surface area contributed by atoms with Crippen LogP contribution in [0.2, 0.25) is 19.6 Å². The number of allylic oxidation sites excluding steroid dienone is 2. The molecule has 0 bridgehead atoms. The molecule has 0 aliphatic rings. The van der Waals surface area contributed by atoms with Crippen molar-refractivity contribution < 1.29 is 4.74 Å². The van der Waals surface area contributed by atoms with Crippen LogP contribution in [0.5, 0.6) is 0 Å². The van der Waals surface area contributed by atoms with Crippen LogP contribution in [-0.4, -0.2) is 14.5 Å². The minimum Gasteiger partial charge on any atom is -0.484 e. The fraction of sp³-hybridized carbons (Fsp3) is 0.636. The summed E-state index contributed by atoms with van der Waals surface area (Å²) in [6.07, 6.45) is 8.88. The molecule has 0 aliphatic heterocycles. The molecule has 0 heterocycles. The Hall–Kier alpha value is -0.543. The average Bonchev–Trinajstić information content (AvgIpc) is 2.07. The molecule has 0 rings (SSSR count). The summed E-state index contributed by atoms with van der Waals surface area (Å²) in [5.74, 6) is 0. The average molecular weight is 213 g/mol. The van der Waals surface area contributed by atoms with Gasteiger partial charge < -0.3 is 9.72 Å². The first-order valence-corrected chi connectivity index (χ1v) is 8.65. The van der Waals surface area contributed by atoms with Crippen LogP contribution in [0.1, 0.15) is 20.3 Å². The van der Waals surface area contributed by atoms with E-state index in [1.807, 2.05) is 19.9 Å². The highest BCUT2D eigenvalue weighted by Gasteiger charge is 2.18. The van der Waals surface area contributed by atoms with Crippen molar-refractivity contribution >= 4 is 8.24 Å². The lowest BCUT2D eigenvalue weighted by atomic mass is 10.3. The molecule has 3 heteroatoms. The molecule has 0 aliphatic carbocycles. The van der Waals surface area contributed by atoms with Crippen molar-refractivity contribution in [2.75, 3.05) is 0 Å². The zero-order chi connectivity index (χ0) is 11.0. The van der Waals surface area contributed by atoms with Crippen LogP contribution in [-0.2, 0) is 4.74 Å². The number of ether oxygens (including phenoxy) is 1. The summed E-state index contributed by atoms with van der Waals surface area (Å²) >= 11 is 0. The molecule has 0 amide bonds. The number of nitrogens with one attached hydrogen (secondary N) is 1. The van der Waals surface area contributed by atoms with Gasteiger partial charge in [0.15, 0.2) is 0 Å². The van der Waals surface area contributed by atoms with Crippen LogP contribution in [0.3, 0.4) is 0 Å². The van der Waals surface area contributed by atoms with E-state index in [0.717, 1.165) is 6.42 Å². The van der Waals surface area contributed by atoms with Crippen LogP contribution < -0.4 is 4.98 Å². The van der Waals surface area contributed by atoms with Gasteiger partial charge in [0, 0.05) is 6.42 Å². The van der Waals surface area contributed by atoms with Gasteiger partial charge in [-0.1, -0.05) is 37.9 Å². The van der Waals surface area contributed by atoms with Gasteiger partial charge in [0.25, 0.3) is 0 Å². The fourth-order valence-electron chi connectivity index (χ4n) is 1.06. The lowest BCUT2D eigenvalue weighted by Gasteiger charge is -2.25. The highest BCUT2D eigenvalue weighted by atomic mass is 28.3. The van der Waals surface area contributed by atoms with Gasteiger partial charge in [0.2, 0.25) is 0 Å². The molecule has 0 spiro atoms. The highest BCUT2D eigenvalue weighted by molar-refractivity contribution is 6.73. The Morgan fingerprint density at radius 3 is 2.29 bits per heavy atom. The summed E-state index contributed by atoms with van der Waals surface area (Å²) in [4.78, 5) is 3.54. The van der Waals surface area contributed by atoms with Gasteiger partial charge in [-0.05, 0) is 13.8 Å². The Labute approximate surface area is 89.1 Å². The molecule has 1 N–H and O–H groups in total. The molecular weight excluding hydrogens is 190 g/mol. The first kappa shape index (κ1) is 13.5. The van der Waals surface area contributed by atoms with Crippen LogP contribution in [0.25, 0.3) is 0 Å². The summed E-state index contributed by atoms with van der Waals surface area (Å²) in [5.41, 5.74) is 0. The number of hydrogen-bond acceptors (Lipinski definition) is 2. The summed E-state index contributed by atoms with van der Waals surface area (Å²) < 4.78 is 5.56. The van der Waals surface area contributed by atoms with Crippen molar-refractivity contribution in [1.82, 2.24) is 4.98 Å². The van der Waals surface area contributed by atoms with Gasteiger partial charge in [-0.3, -0.25) is 0 Å². The number of hydrogen-bond donors (Lipinski definition) is 1. The molecule has 2 nitrogen and oxygen atoms in total. The third-order valence-electron chi connectivity index (χ3n) is 1.56. The third kappa shape index (κ3) is 8.07. The molecule has 0 saturated carbocycles. The van der Waals surface area contributed by atoms with Gasteiger partial charge in [-0.25, -0.2) is 0 Å². The highest BCUT2D eigenvalue weighted by Crippen LogP contribution is 2.04. The lowest BCUT2D eigenvalue weighted by Crippen LogP contribution is -2.48. The van der Waals surface area contributed by atoms with Crippen molar-refractivity contribution in [3.05, 3.63) is 24.5 Å². The molecule has 1 unspecified atom stereocenters. The molecule has 0 aromatic heterocycles. The van der Waals surface area contributed by atoms with E-state index in [1.54, 1.807) is 6.26 Å². The maximum atomic E-state index is 5.56. The van der Waals surface area contributed by atoms with Gasteiger partial charge >= 0.3 is 0 Å². The maximum absolute atomic E-state index is 5.56. The molecule has 0 aromatic rings. The van der Waals surface area contributed by atoms with Gasteiger partial charge in [0.1, 0.15) is 14.5 Å². The summed E-state index contributed by atoms with van der Waals surface area (Å²) in [7, 11) is -1.26. The Bertz CT molecular complexity index is 180. The molecule has 0 saturated heterocycles. The molecular formula is C11H23NOSi. The van der Waals surface area contributed by atoms with Gasteiger partial charge in [-0.2, -0.15) is 0 Å². The predicted molar refractivity (Wildman–Crippen MR) is 65.6 cm³/mol. The molecule has 0 fully saturated rings. The topological polar surface area (TPSA) is 21.3 Å².